The number of benzene rings is 1. The summed E-state index contributed by atoms with van der Waals surface area (Å²) in [6.07, 6.45) is 3.59. The minimum absolute atomic E-state index is 0.0154. The summed E-state index contributed by atoms with van der Waals surface area (Å²) < 4.78 is 18.2. The maximum absolute atomic E-state index is 13.0. The van der Waals surface area contributed by atoms with Crippen molar-refractivity contribution in [2.24, 2.45) is 0 Å². The number of piperidine rings is 1. The fraction of sp³-hybridized carbons (Fsp3) is 0.389. The van der Waals surface area contributed by atoms with Crippen molar-refractivity contribution >= 4 is 5.91 Å². The van der Waals surface area contributed by atoms with Gasteiger partial charge in [-0.25, -0.2) is 4.39 Å². The number of amides is 1. The van der Waals surface area contributed by atoms with Crippen molar-refractivity contribution in [1.29, 1.82) is 0 Å². The van der Waals surface area contributed by atoms with E-state index in [2.05, 4.69) is 10.2 Å². The van der Waals surface area contributed by atoms with E-state index in [1.54, 1.807) is 6.26 Å². The Labute approximate surface area is 135 Å². The third-order valence-electron chi connectivity index (χ3n) is 4.34. The van der Waals surface area contributed by atoms with Crippen LogP contribution in [-0.2, 0) is 11.3 Å². The average Bonchev–Trinajstić information content (AvgIpc) is 3.08. The molecule has 1 aromatic heterocycles. The van der Waals surface area contributed by atoms with Crippen LogP contribution < -0.4 is 5.32 Å². The first kappa shape index (κ1) is 15.7. The summed E-state index contributed by atoms with van der Waals surface area (Å²) in [6.45, 7) is 2.61. The van der Waals surface area contributed by atoms with E-state index in [9.17, 15) is 9.18 Å². The van der Waals surface area contributed by atoms with Gasteiger partial charge in [0.15, 0.2) is 0 Å². The second-order valence-corrected chi connectivity index (χ2v) is 5.96. The van der Waals surface area contributed by atoms with Gasteiger partial charge in [0.25, 0.3) is 0 Å². The predicted octanol–water partition coefficient (Wildman–Crippen LogP) is 2.91. The minimum atomic E-state index is -0.195. The number of rotatable bonds is 5. The Morgan fingerprint density at radius 1 is 1.22 bits per heavy atom. The summed E-state index contributed by atoms with van der Waals surface area (Å²) in [4.78, 5) is 14.1. The predicted molar refractivity (Wildman–Crippen MR) is 85.4 cm³/mol. The smallest absolute Gasteiger partial charge is 0.234 e. The Kier molecular flexibility index (Phi) is 5.08. The Morgan fingerprint density at radius 3 is 2.61 bits per heavy atom. The van der Waals surface area contributed by atoms with E-state index in [0.29, 0.717) is 19.0 Å². The molecule has 0 unspecified atom stereocenters. The number of hydrogen-bond acceptors (Lipinski definition) is 3. The highest BCUT2D eigenvalue weighted by Gasteiger charge is 2.22. The summed E-state index contributed by atoms with van der Waals surface area (Å²) in [6, 6.07) is 10.4. The van der Waals surface area contributed by atoms with Crippen LogP contribution in [-0.4, -0.2) is 30.4 Å². The van der Waals surface area contributed by atoms with E-state index in [1.807, 2.05) is 24.3 Å². The van der Waals surface area contributed by atoms with Crippen LogP contribution >= 0.6 is 0 Å². The van der Waals surface area contributed by atoms with Crippen LogP contribution in [0.25, 0.3) is 0 Å². The Morgan fingerprint density at radius 2 is 1.96 bits per heavy atom. The zero-order valence-electron chi connectivity index (χ0n) is 13.0. The molecular weight excluding hydrogens is 295 g/mol. The van der Waals surface area contributed by atoms with Crippen molar-refractivity contribution < 1.29 is 13.6 Å². The summed E-state index contributed by atoms with van der Waals surface area (Å²) in [5, 5.41) is 2.87. The van der Waals surface area contributed by atoms with Gasteiger partial charge in [-0.3, -0.25) is 9.69 Å². The number of carbonyl (C=O) groups is 1. The molecule has 4 nitrogen and oxygen atoms in total. The standard InChI is InChI=1S/C18H21FN2O2/c19-16-5-3-14(4-6-16)15-7-9-21(10-8-15)13-18(22)20-12-17-2-1-11-23-17/h1-6,11,15H,7-10,12-13H2,(H,20,22). The Bertz CT molecular complexity index is 617. The van der Waals surface area contributed by atoms with Crippen LogP contribution in [0.3, 0.4) is 0 Å². The number of hydrogen-bond donors (Lipinski definition) is 1. The number of carbonyl (C=O) groups excluding carboxylic acids is 1. The molecule has 1 aliphatic rings. The van der Waals surface area contributed by atoms with Gasteiger partial charge in [-0.15, -0.1) is 0 Å². The maximum atomic E-state index is 13.0. The van der Waals surface area contributed by atoms with Crippen molar-refractivity contribution in [2.75, 3.05) is 19.6 Å². The zero-order valence-corrected chi connectivity index (χ0v) is 13.0. The summed E-state index contributed by atoms with van der Waals surface area (Å²) in [7, 11) is 0. The number of furan rings is 1. The first-order valence-corrected chi connectivity index (χ1v) is 7.97. The highest BCUT2D eigenvalue weighted by Crippen LogP contribution is 2.27. The fourth-order valence-corrected chi connectivity index (χ4v) is 3.02. The largest absolute Gasteiger partial charge is 0.467 e. The van der Waals surface area contributed by atoms with Gasteiger partial charge in [0.05, 0.1) is 19.4 Å². The number of nitrogens with zero attached hydrogens (tertiary/aromatic N) is 1. The molecule has 3 rings (SSSR count). The van der Waals surface area contributed by atoms with Crippen molar-refractivity contribution in [3.8, 4) is 0 Å². The van der Waals surface area contributed by atoms with Crippen LogP contribution in [0.5, 0.6) is 0 Å². The Hall–Kier alpha value is -2.14. The van der Waals surface area contributed by atoms with E-state index in [0.717, 1.165) is 31.7 Å². The molecule has 1 saturated heterocycles. The summed E-state index contributed by atoms with van der Waals surface area (Å²) in [5.74, 6) is 1.03. The van der Waals surface area contributed by atoms with Gasteiger partial charge in [-0.2, -0.15) is 0 Å². The molecule has 1 N–H and O–H groups in total. The van der Waals surface area contributed by atoms with Gasteiger partial charge in [-0.1, -0.05) is 12.1 Å². The molecule has 2 heterocycles. The van der Waals surface area contributed by atoms with Crippen LogP contribution in [0.2, 0.25) is 0 Å². The molecule has 1 aliphatic heterocycles. The first-order valence-electron chi connectivity index (χ1n) is 7.97. The number of nitrogens with one attached hydrogen (secondary N) is 1. The van der Waals surface area contributed by atoms with Gasteiger partial charge < -0.3 is 9.73 Å². The lowest BCUT2D eigenvalue weighted by molar-refractivity contribution is -0.122. The maximum Gasteiger partial charge on any atom is 0.234 e. The molecule has 1 amide bonds. The van der Waals surface area contributed by atoms with Crippen LogP contribution in [0.15, 0.2) is 47.1 Å². The highest BCUT2D eigenvalue weighted by atomic mass is 19.1. The molecule has 5 heteroatoms. The molecule has 2 aromatic rings. The van der Waals surface area contributed by atoms with E-state index >= 15 is 0 Å². The summed E-state index contributed by atoms with van der Waals surface area (Å²) in [5.41, 5.74) is 1.19. The van der Waals surface area contributed by atoms with E-state index in [-0.39, 0.29) is 11.7 Å². The number of likely N-dealkylation sites (tertiary alicyclic amines) is 1. The SMILES string of the molecule is O=C(CN1CCC(c2ccc(F)cc2)CC1)NCc1ccco1. The molecule has 0 bridgehead atoms. The lowest BCUT2D eigenvalue weighted by Gasteiger charge is -2.31. The van der Waals surface area contributed by atoms with Gasteiger partial charge in [0.1, 0.15) is 11.6 Å². The molecule has 1 fully saturated rings. The zero-order chi connectivity index (χ0) is 16.1. The van der Waals surface area contributed by atoms with Crippen molar-refractivity contribution in [3.63, 3.8) is 0 Å². The van der Waals surface area contributed by atoms with Crippen LogP contribution in [0.4, 0.5) is 4.39 Å². The average molecular weight is 316 g/mol. The quantitative estimate of drug-likeness (QED) is 0.922. The minimum Gasteiger partial charge on any atom is -0.467 e. The van der Waals surface area contributed by atoms with Crippen molar-refractivity contribution in [1.82, 2.24) is 10.2 Å². The van der Waals surface area contributed by atoms with Gasteiger partial charge in [0, 0.05) is 0 Å². The molecule has 0 atom stereocenters. The van der Waals surface area contributed by atoms with Crippen molar-refractivity contribution in [3.05, 3.63) is 59.8 Å². The van der Waals surface area contributed by atoms with E-state index in [4.69, 9.17) is 4.42 Å². The lowest BCUT2D eigenvalue weighted by Crippen LogP contribution is -2.40. The third-order valence-corrected chi connectivity index (χ3v) is 4.34. The van der Waals surface area contributed by atoms with Crippen LogP contribution in [0, 0.1) is 5.82 Å². The van der Waals surface area contributed by atoms with Crippen LogP contribution in [0.1, 0.15) is 30.1 Å². The highest BCUT2D eigenvalue weighted by molar-refractivity contribution is 5.77. The van der Waals surface area contributed by atoms with Gasteiger partial charge >= 0.3 is 0 Å². The molecular formula is C18H21FN2O2. The normalized spacial score (nSPS) is 16.4. The fourth-order valence-electron chi connectivity index (χ4n) is 3.02. The molecule has 0 saturated carbocycles. The monoisotopic (exact) mass is 316 g/mol. The first-order chi connectivity index (χ1) is 11.2. The molecule has 0 spiro atoms. The Balaban J connectivity index is 1.42. The molecule has 122 valence electrons. The van der Waals surface area contributed by atoms with Gasteiger partial charge in [0.2, 0.25) is 5.91 Å². The van der Waals surface area contributed by atoms with Gasteiger partial charge in [-0.05, 0) is 61.7 Å². The second-order valence-electron chi connectivity index (χ2n) is 5.96. The molecule has 1 aromatic carbocycles. The molecule has 23 heavy (non-hydrogen) atoms. The molecule has 0 aliphatic carbocycles. The van der Waals surface area contributed by atoms with E-state index < -0.39 is 0 Å². The topological polar surface area (TPSA) is 45.5 Å². The lowest BCUT2D eigenvalue weighted by atomic mass is 9.89. The third kappa shape index (κ3) is 4.42. The van der Waals surface area contributed by atoms with Crippen molar-refractivity contribution in [2.45, 2.75) is 25.3 Å². The molecule has 0 radical (unpaired) electrons. The summed E-state index contributed by atoms with van der Waals surface area (Å²) >= 11 is 0. The second kappa shape index (κ2) is 7.42. The van der Waals surface area contributed by atoms with E-state index in [1.165, 1.54) is 17.7 Å². The number of halogens is 1.